The van der Waals surface area contributed by atoms with Crippen molar-refractivity contribution in [2.45, 2.75) is 26.2 Å². The summed E-state index contributed by atoms with van der Waals surface area (Å²) in [6.07, 6.45) is 1.89. The minimum absolute atomic E-state index is 0.423. The van der Waals surface area contributed by atoms with Gasteiger partial charge in [0.05, 0.1) is 5.56 Å². The summed E-state index contributed by atoms with van der Waals surface area (Å²) in [5.41, 5.74) is 2.72. The number of hydrogen-bond donors (Lipinski definition) is 1. The first-order valence-corrected chi connectivity index (χ1v) is 5.81. The van der Waals surface area contributed by atoms with Gasteiger partial charge in [0, 0.05) is 10.9 Å². The first-order valence-electron chi connectivity index (χ1n) is 5.43. The van der Waals surface area contributed by atoms with Gasteiger partial charge in [-0.05, 0) is 30.0 Å². The Hall–Kier alpha value is -1.28. The maximum absolute atomic E-state index is 10.9. The van der Waals surface area contributed by atoms with E-state index in [2.05, 4.69) is 31.0 Å². The summed E-state index contributed by atoms with van der Waals surface area (Å²) in [6, 6.07) is 6.11. The van der Waals surface area contributed by atoms with E-state index in [1.54, 1.807) is 0 Å². The van der Waals surface area contributed by atoms with Crippen LogP contribution in [-0.2, 0) is 0 Å². The van der Waals surface area contributed by atoms with E-state index in [0.717, 1.165) is 23.6 Å². The van der Waals surface area contributed by atoms with Crippen LogP contribution in [0.3, 0.4) is 0 Å². The summed E-state index contributed by atoms with van der Waals surface area (Å²) in [5, 5.41) is 1.34. The number of rotatable bonds is 3. The Kier molecular flexibility index (Phi) is 3.01. The lowest BCUT2D eigenvalue weighted by Gasteiger charge is -2.08. The molecular formula is C13H14ClNO. The van der Waals surface area contributed by atoms with E-state index >= 15 is 0 Å². The first kappa shape index (κ1) is 11.2. The fourth-order valence-electron chi connectivity index (χ4n) is 1.85. The highest BCUT2D eigenvalue weighted by molar-refractivity contribution is 6.34. The zero-order valence-electron chi connectivity index (χ0n) is 9.38. The zero-order chi connectivity index (χ0) is 11.7. The lowest BCUT2D eigenvalue weighted by atomic mass is 9.97. The van der Waals surface area contributed by atoms with Crippen LogP contribution in [0, 0.1) is 0 Å². The third-order valence-electron chi connectivity index (χ3n) is 3.11. The van der Waals surface area contributed by atoms with E-state index < -0.39 is 0 Å². The van der Waals surface area contributed by atoms with Gasteiger partial charge in [0.25, 0.3) is 0 Å². The highest BCUT2D eigenvalue weighted by atomic mass is 35.5. The van der Waals surface area contributed by atoms with Crippen molar-refractivity contribution in [1.82, 2.24) is 4.98 Å². The first-order chi connectivity index (χ1) is 7.67. The highest BCUT2D eigenvalue weighted by Gasteiger charge is 2.11. The Morgan fingerprint density at radius 2 is 2.25 bits per heavy atom. The molecule has 0 amide bonds. The predicted molar refractivity (Wildman–Crippen MR) is 67.4 cm³/mol. The Balaban J connectivity index is 2.63. The molecule has 1 aromatic carbocycles. The van der Waals surface area contributed by atoms with Crippen molar-refractivity contribution >= 4 is 28.8 Å². The number of nitrogens with one attached hydrogen (secondary N) is 1. The van der Waals surface area contributed by atoms with Crippen LogP contribution in [0.25, 0.3) is 10.9 Å². The van der Waals surface area contributed by atoms with Crippen molar-refractivity contribution in [2.75, 3.05) is 0 Å². The minimum Gasteiger partial charge on any atom is -0.345 e. The second-order valence-electron chi connectivity index (χ2n) is 4.08. The molecule has 0 fully saturated rings. The smallest absolute Gasteiger partial charge is 0.153 e. The number of halogens is 1. The van der Waals surface area contributed by atoms with E-state index in [0.29, 0.717) is 16.6 Å². The molecule has 0 aliphatic heterocycles. The maximum Gasteiger partial charge on any atom is 0.153 e. The van der Waals surface area contributed by atoms with Crippen LogP contribution in [0.2, 0.25) is 5.15 Å². The molecule has 0 aliphatic carbocycles. The van der Waals surface area contributed by atoms with Gasteiger partial charge in [-0.25, -0.2) is 0 Å². The molecule has 1 heterocycles. The van der Waals surface area contributed by atoms with Crippen LogP contribution in [0.5, 0.6) is 0 Å². The third kappa shape index (κ3) is 1.74. The molecule has 2 nitrogen and oxygen atoms in total. The fourth-order valence-corrected chi connectivity index (χ4v) is 2.10. The van der Waals surface area contributed by atoms with Crippen molar-refractivity contribution in [3.63, 3.8) is 0 Å². The van der Waals surface area contributed by atoms with Crippen LogP contribution in [0.4, 0.5) is 0 Å². The van der Waals surface area contributed by atoms with Crippen molar-refractivity contribution < 1.29 is 4.79 Å². The monoisotopic (exact) mass is 235 g/mol. The number of aromatic amines is 1. The molecule has 1 unspecified atom stereocenters. The third-order valence-corrected chi connectivity index (χ3v) is 3.41. The Morgan fingerprint density at radius 3 is 2.88 bits per heavy atom. The number of carbonyl (C=O) groups excluding carboxylic acids is 1. The van der Waals surface area contributed by atoms with Crippen LogP contribution in [-0.4, -0.2) is 11.3 Å². The van der Waals surface area contributed by atoms with E-state index in [-0.39, 0.29) is 0 Å². The van der Waals surface area contributed by atoms with Crippen LogP contribution in [0.15, 0.2) is 18.2 Å². The second kappa shape index (κ2) is 4.30. The number of H-pyrrole nitrogens is 1. The zero-order valence-corrected chi connectivity index (χ0v) is 10.1. The van der Waals surface area contributed by atoms with E-state index in [9.17, 15) is 4.79 Å². The summed E-state index contributed by atoms with van der Waals surface area (Å²) in [5.74, 6) is 0.498. The molecule has 0 spiro atoms. The van der Waals surface area contributed by atoms with Gasteiger partial charge in [0.1, 0.15) is 5.15 Å². The lowest BCUT2D eigenvalue weighted by molar-refractivity contribution is 0.112. The van der Waals surface area contributed by atoms with Gasteiger partial charge >= 0.3 is 0 Å². The molecule has 84 valence electrons. The van der Waals surface area contributed by atoms with Gasteiger partial charge in [0.15, 0.2) is 6.29 Å². The average Bonchev–Trinajstić information content (AvgIpc) is 2.62. The summed E-state index contributed by atoms with van der Waals surface area (Å²) < 4.78 is 0. The van der Waals surface area contributed by atoms with E-state index in [1.807, 2.05) is 6.07 Å². The van der Waals surface area contributed by atoms with Crippen LogP contribution >= 0.6 is 11.6 Å². The molecule has 0 saturated carbocycles. The van der Waals surface area contributed by atoms with Gasteiger partial charge in [-0.3, -0.25) is 4.79 Å². The molecule has 2 aromatic rings. The topological polar surface area (TPSA) is 32.9 Å². The Morgan fingerprint density at radius 1 is 1.50 bits per heavy atom. The quantitative estimate of drug-likeness (QED) is 0.797. The molecule has 0 aliphatic rings. The predicted octanol–water partition coefficient (Wildman–Crippen LogP) is 4.15. The molecule has 0 radical (unpaired) electrons. The minimum atomic E-state index is 0.423. The van der Waals surface area contributed by atoms with Crippen molar-refractivity contribution in [1.29, 1.82) is 0 Å². The van der Waals surface area contributed by atoms with Gasteiger partial charge in [0.2, 0.25) is 0 Å². The summed E-state index contributed by atoms with van der Waals surface area (Å²) in [6.45, 7) is 4.33. The Labute approximate surface area is 99.6 Å². The molecular weight excluding hydrogens is 222 g/mol. The van der Waals surface area contributed by atoms with Gasteiger partial charge in [-0.2, -0.15) is 0 Å². The van der Waals surface area contributed by atoms with Crippen molar-refractivity contribution in [3.05, 3.63) is 34.5 Å². The summed E-state index contributed by atoms with van der Waals surface area (Å²) >= 11 is 5.95. The van der Waals surface area contributed by atoms with Gasteiger partial charge in [-0.15, -0.1) is 0 Å². The summed E-state index contributed by atoms with van der Waals surface area (Å²) in [4.78, 5) is 13.9. The maximum atomic E-state index is 10.9. The molecule has 0 saturated heterocycles. The molecule has 16 heavy (non-hydrogen) atoms. The average molecular weight is 236 g/mol. The van der Waals surface area contributed by atoms with Crippen LogP contribution < -0.4 is 0 Å². The number of fused-ring (bicyclic) bond motifs is 1. The standard InChI is InChI=1S/C13H14ClNO/c1-3-8(2)9-4-5-12-10(6-9)11(7-16)13(14)15-12/h4-8,15H,3H2,1-2H3. The number of hydrogen-bond acceptors (Lipinski definition) is 1. The number of aldehydes is 1. The van der Waals surface area contributed by atoms with Gasteiger partial charge in [-0.1, -0.05) is 31.5 Å². The van der Waals surface area contributed by atoms with E-state index in [4.69, 9.17) is 11.6 Å². The Bertz CT molecular complexity index is 530. The normalized spacial score (nSPS) is 12.9. The highest BCUT2D eigenvalue weighted by Crippen LogP contribution is 2.28. The molecule has 1 N–H and O–H groups in total. The van der Waals surface area contributed by atoms with E-state index in [1.165, 1.54) is 5.56 Å². The fraction of sp³-hybridized carbons (Fsp3) is 0.308. The van der Waals surface area contributed by atoms with Crippen molar-refractivity contribution in [2.24, 2.45) is 0 Å². The molecule has 0 bridgehead atoms. The van der Waals surface area contributed by atoms with Gasteiger partial charge < -0.3 is 4.98 Å². The number of aromatic nitrogens is 1. The molecule has 3 heteroatoms. The number of benzene rings is 1. The SMILES string of the molecule is CCC(C)c1ccc2[nH]c(Cl)c(C=O)c2c1. The van der Waals surface area contributed by atoms with Crippen LogP contribution in [0.1, 0.15) is 42.1 Å². The lowest BCUT2D eigenvalue weighted by Crippen LogP contribution is -1.90. The molecule has 1 aromatic heterocycles. The molecule has 1 atom stereocenters. The molecule has 2 rings (SSSR count). The second-order valence-corrected chi connectivity index (χ2v) is 4.46. The van der Waals surface area contributed by atoms with Crippen molar-refractivity contribution in [3.8, 4) is 0 Å². The largest absolute Gasteiger partial charge is 0.345 e. The number of carbonyl (C=O) groups is 1. The summed E-state index contributed by atoms with van der Waals surface area (Å²) in [7, 11) is 0.